The van der Waals surface area contributed by atoms with E-state index in [0.717, 1.165) is 6.08 Å². The quantitative estimate of drug-likeness (QED) is 0.247. The topological polar surface area (TPSA) is 159 Å². The van der Waals surface area contributed by atoms with E-state index in [-0.39, 0.29) is 56.8 Å². The highest BCUT2D eigenvalue weighted by Crippen LogP contribution is 2.57. The van der Waals surface area contributed by atoms with Crippen molar-refractivity contribution in [2.24, 2.45) is 0 Å². The average molecular weight is 522 g/mol. The summed E-state index contributed by atoms with van der Waals surface area (Å²) in [6, 6.07) is 4.18. The molecule has 1 aliphatic carbocycles. The molecular weight excluding hydrogens is 494 g/mol. The van der Waals surface area contributed by atoms with Crippen LogP contribution >= 0.6 is 0 Å². The number of aromatic hydroxyl groups is 2. The zero-order valence-electron chi connectivity index (χ0n) is 21.7. The molecule has 0 amide bonds. The van der Waals surface area contributed by atoms with Gasteiger partial charge in [0.2, 0.25) is 0 Å². The number of carbonyl (C=O) groups is 4. The first-order chi connectivity index (χ1) is 17.7. The molecule has 2 aliphatic rings. The van der Waals surface area contributed by atoms with E-state index >= 15 is 0 Å². The molecule has 0 fully saturated rings. The SMILES string of the molecule is CC(=O)c1c(O)c(C)c(O)c2c1OC1=CC(=O)C(=C(C)Nc3cc(C(=O)O)ccc3OC(C)C)C(=O)C12C. The molecule has 0 saturated heterocycles. The Balaban J connectivity index is 1.89. The number of Topliss-reactive ketones (excluding diaryl/α,β-unsaturated/α-hetero) is 2. The van der Waals surface area contributed by atoms with E-state index in [0.29, 0.717) is 5.75 Å². The van der Waals surface area contributed by atoms with Crippen molar-refractivity contribution in [2.45, 2.75) is 53.1 Å². The molecule has 10 heteroatoms. The number of carbonyl (C=O) groups excluding carboxylic acids is 3. The van der Waals surface area contributed by atoms with Crippen molar-refractivity contribution in [3.63, 3.8) is 0 Å². The third-order valence-electron chi connectivity index (χ3n) is 6.67. The first-order valence-electron chi connectivity index (χ1n) is 11.8. The van der Waals surface area contributed by atoms with Gasteiger partial charge in [0.25, 0.3) is 0 Å². The number of hydrogen-bond acceptors (Lipinski definition) is 9. The molecule has 1 unspecified atom stereocenters. The smallest absolute Gasteiger partial charge is 0.335 e. The van der Waals surface area contributed by atoms with Crippen molar-refractivity contribution in [3.8, 4) is 23.0 Å². The largest absolute Gasteiger partial charge is 0.507 e. The number of anilines is 1. The van der Waals surface area contributed by atoms with Gasteiger partial charge in [-0.05, 0) is 59.7 Å². The summed E-state index contributed by atoms with van der Waals surface area (Å²) in [5.41, 5.74) is -1.85. The molecule has 0 saturated carbocycles. The van der Waals surface area contributed by atoms with Crippen LogP contribution in [0.2, 0.25) is 0 Å². The summed E-state index contributed by atoms with van der Waals surface area (Å²) in [7, 11) is 0. The third kappa shape index (κ3) is 3.89. The molecule has 0 aromatic heterocycles. The maximum absolute atomic E-state index is 14.0. The van der Waals surface area contributed by atoms with E-state index < -0.39 is 40.2 Å². The number of carboxylic acid groups (broad SMARTS) is 1. The molecule has 0 radical (unpaired) electrons. The number of allylic oxidation sites excluding steroid dienone is 4. The van der Waals surface area contributed by atoms with Gasteiger partial charge in [0.05, 0.1) is 28.5 Å². The monoisotopic (exact) mass is 521 g/mol. The average Bonchev–Trinajstić information content (AvgIpc) is 3.11. The number of fused-ring (bicyclic) bond motifs is 3. The molecule has 10 nitrogen and oxygen atoms in total. The number of benzene rings is 2. The Morgan fingerprint density at radius 1 is 1.11 bits per heavy atom. The summed E-state index contributed by atoms with van der Waals surface area (Å²) < 4.78 is 11.5. The minimum atomic E-state index is -1.67. The Bertz CT molecular complexity index is 1510. The molecule has 1 heterocycles. The number of phenolic OH excluding ortho intramolecular Hbond substituents is 2. The van der Waals surface area contributed by atoms with Crippen molar-refractivity contribution >= 4 is 29.0 Å². The molecule has 4 rings (SSSR count). The van der Waals surface area contributed by atoms with E-state index in [2.05, 4.69) is 5.32 Å². The van der Waals surface area contributed by atoms with E-state index in [1.165, 1.54) is 45.9 Å². The first-order valence-corrected chi connectivity index (χ1v) is 11.8. The molecule has 4 N–H and O–H groups in total. The van der Waals surface area contributed by atoms with Crippen molar-refractivity contribution in [1.29, 1.82) is 0 Å². The number of carboxylic acids is 1. The lowest BCUT2D eigenvalue weighted by molar-refractivity contribution is -0.123. The van der Waals surface area contributed by atoms with E-state index in [1.54, 1.807) is 13.8 Å². The van der Waals surface area contributed by atoms with Gasteiger partial charge in [0.1, 0.15) is 39.7 Å². The fourth-order valence-corrected chi connectivity index (χ4v) is 4.74. The lowest BCUT2D eigenvalue weighted by Gasteiger charge is -2.29. The number of phenols is 2. The Labute approximate surface area is 218 Å². The van der Waals surface area contributed by atoms with Crippen LogP contribution in [0.4, 0.5) is 5.69 Å². The fourth-order valence-electron chi connectivity index (χ4n) is 4.74. The van der Waals surface area contributed by atoms with Gasteiger partial charge in [-0.1, -0.05) is 0 Å². The summed E-state index contributed by atoms with van der Waals surface area (Å²) in [5.74, 6) is -3.97. The first kappa shape index (κ1) is 26.5. The molecule has 0 bridgehead atoms. The second-order valence-corrected chi connectivity index (χ2v) is 9.69. The Morgan fingerprint density at radius 2 is 1.76 bits per heavy atom. The molecule has 2 aromatic carbocycles. The highest BCUT2D eigenvalue weighted by molar-refractivity contribution is 6.31. The van der Waals surface area contributed by atoms with Crippen LogP contribution in [0.3, 0.4) is 0 Å². The van der Waals surface area contributed by atoms with Crippen LogP contribution < -0.4 is 14.8 Å². The minimum Gasteiger partial charge on any atom is -0.507 e. The number of ether oxygens (including phenoxy) is 2. The van der Waals surface area contributed by atoms with E-state index in [9.17, 15) is 34.5 Å². The van der Waals surface area contributed by atoms with Gasteiger partial charge in [0.15, 0.2) is 17.3 Å². The summed E-state index contributed by atoms with van der Waals surface area (Å²) in [6.07, 6.45) is 0.864. The van der Waals surface area contributed by atoms with Crippen LogP contribution in [0.5, 0.6) is 23.0 Å². The Hall–Kier alpha value is -4.60. The molecule has 1 atom stereocenters. The van der Waals surface area contributed by atoms with Crippen LogP contribution in [0.15, 0.2) is 41.3 Å². The van der Waals surface area contributed by atoms with E-state index in [4.69, 9.17) is 9.47 Å². The third-order valence-corrected chi connectivity index (χ3v) is 6.67. The Kier molecular flexibility index (Phi) is 6.30. The maximum Gasteiger partial charge on any atom is 0.335 e. The lowest BCUT2D eigenvalue weighted by atomic mass is 9.70. The molecule has 2 aromatic rings. The number of aromatic carboxylic acids is 1. The van der Waals surface area contributed by atoms with Gasteiger partial charge < -0.3 is 30.1 Å². The molecule has 1 aliphatic heterocycles. The van der Waals surface area contributed by atoms with Crippen LogP contribution in [0.1, 0.15) is 66.5 Å². The fraction of sp³-hybridized carbons (Fsp3) is 0.286. The minimum absolute atomic E-state index is 0.00827. The normalized spacial score (nSPS) is 19.4. The maximum atomic E-state index is 14.0. The molecule has 38 heavy (non-hydrogen) atoms. The van der Waals surface area contributed by atoms with Crippen molar-refractivity contribution < 1.29 is 44.0 Å². The van der Waals surface area contributed by atoms with Crippen molar-refractivity contribution in [1.82, 2.24) is 0 Å². The van der Waals surface area contributed by atoms with Crippen molar-refractivity contribution in [2.75, 3.05) is 5.32 Å². The number of nitrogens with one attached hydrogen (secondary N) is 1. The highest BCUT2D eigenvalue weighted by Gasteiger charge is 2.56. The van der Waals surface area contributed by atoms with Gasteiger partial charge >= 0.3 is 5.97 Å². The zero-order valence-corrected chi connectivity index (χ0v) is 21.7. The zero-order chi connectivity index (χ0) is 28.3. The second-order valence-electron chi connectivity index (χ2n) is 9.69. The van der Waals surface area contributed by atoms with Gasteiger partial charge in [-0.15, -0.1) is 0 Å². The predicted octanol–water partition coefficient (Wildman–Crippen LogP) is 4.17. The van der Waals surface area contributed by atoms with Crippen LogP contribution in [0, 0.1) is 6.92 Å². The predicted molar refractivity (Wildman–Crippen MR) is 136 cm³/mol. The number of rotatable bonds is 6. The highest BCUT2D eigenvalue weighted by atomic mass is 16.5. The van der Waals surface area contributed by atoms with Crippen LogP contribution in [-0.2, 0) is 15.0 Å². The van der Waals surface area contributed by atoms with Crippen LogP contribution in [0.25, 0.3) is 0 Å². The number of hydrogen-bond donors (Lipinski definition) is 4. The van der Waals surface area contributed by atoms with Gasteiger partial charge in [0, 0.05) is 17.3 Å². The molecular formula is C28H27NO9. The summed E-state index contributed by atoms with van der Waals surface area (Å²) >= 11 is 0. The van der Waals surface area contributed by atoms with Gasteiger partial charge in [-0.2, -0.15) is 0 Å². The summed E-state index contributed by atoms with van der Waals surface area (Å²) in [5, 5.41) is 33.8. The van der Waals surface area contributed by atoms with Gasteiger partial charge in [-0.3, -0.25) is 14.4 Å². The summed E-state index contributed by atoms with van der Waals surface area (Å²) in [4.78, 5) is 51.0. The van der Waals surface area contributed by atoms with Crippen molar-refractivity contribution in [3.05, 3.63) is 63.6 Å². The number of ketones is 3. The lowest BCUT2D eigenvalue weighted by Crippen LogP contribution is -2.40. The summed E-state index contributed by atoms with van der Waals surface area (Å²) in [6.45, 7) is 9.14. The van der Waals surface area contributed by atoms with E-state index in [1.807, 2.05) is 0 Å². The standard InChI is InChI=1S/C28H27NO9/c1-11(2)37-18-8-7-15(27(35)36)9-16(18)29-13(4)20-17(31)10-19-28(6,26(20)34)22-24(33)12(3)23(32)21(14(5)30)25(22)38-19/h7-11,29,32-33H,1-6H3,(H,35,36). The van der Waals surface area contributed by atoms with Crippen LogP contribution in [-0.4, -0.2) is 44.7 Å². The molecule has 0 spiro atoms. The second kappa shape index (κ2) is 9.05. The molecule has 198 valence electrons. The van der Waals surface area contributed by atoms with Gasteiger partial charge in [-0.25, -0.2) is 4.79 Å². The Morgan fingerprint density at radius 3 is 2.34 bits per heavy atom.